The maximum atomic E-state index is 12.1. The van der Waals surface area contributed by atoms with Gasteiger partial charge in [0, 0.05) is 48.5 Å². The van der Waals surface area contributed by atoms with E-state index in [-0.39, 0.29) is 11.8 Å². The summed E-state index contributed by atoms with van der Waals surface area (Å²) in [6, 6.07) is 8.28. The maximum absolute atomic E-state index is 12.1. The largest absolute Gasteiger partial charge is 0.339 e. The molecule has 26 heavy (non-hydrogen) atoms. The number of amides is 1. The van der Waals surface area contributed by atoms with Gasteiger partial charge in [0.2, 0.25) is 5.91 Å². The second kappa shape index (κ2) is 7.04. The quantitative estimate of drug-likeness (QED) is 0.681. The second-order valence-corrected chi connectivity index (χ2v) is 6.60. The lowest BCUT2D eigenvalue weighted by Gasteiger charge is -2.33. The van der Waals surface area contributed by atoms with E-state index in [4.69, 9.17) is 0 Å². The van der Waals surface area contributed by atoms with E-state index in [0.29, 0.717) is 6.54 Å². The number of rotatable bonds is 3. The molecule has 1 fully saturated rings. The van der Waals surface area contributed by atoms with Crippen molar-refractivity contribution in [2.24, 2.45) is 0 Å². The molecule has 130 valence electrons. The van der Waals surface area contributed by atoms with E-state index in [9.17, 15) is 4.79 Å². The smallest absolute Gasteiger partial charge is 0.245 e. The second-order valence-electron chi connectivity index (χ2n) is 6.60. The highest BCUT2D eigenvalue weighted by Gasteiger charge is 2.25. The highest BCUT2D eigenvalue weighted by atomic mass is 16.2. The monoisotopic (exact) mass is 344 g/mol. The number of pyridine rings is 1. The summed E-state index contributed by atoms with van der Waals surface area (Å²) < 4.78 is 0. The predicted molar refractivity (Wildman–Crippen MR) is 102 cm³/mol. The first-order chi connectivity index (χ1) is 12.8. The van der Waals surface area contributed by atoms with Crippen LogP contribution in [0, 0.1) is 0 Å². The van der Waals surface area contributed by atoms with Gasteiger partial charge in [-0.15, -0.1) is 0 Å². The first-order valence-electron chi connectivity index (χ1n) is 8.81. The summed E-state index contributed by atoms with van der Waals surface area (Å²) in [5.41, 5.74) is 4.30. The Kier molecular flexibility index (Phi) is 4.44. The number of carbonyl (C=O) groups excluding carboxylic acids is 1. The molecule has 1 atom stereocenters. The van der Waals surface area contributed by atoms with Gasteiger partial charge in [-0.1, -0.05) is 12.6 Å². The average Bonchev–Trinajstić information content (AvgIpc) is 2.73. The number of benzene rings is 1. The summed E-state index contributed by atoms with van der Waals surface area (Å²) in [5.74, 6) is 0.249. The van der Waals surface area contributed by atoms with Crippen molar-refractivity contribution in [3.8, 4) is 11.1 Å². The topological polar surface area (TPSA) is 59.0 Å². The molecule has 5 nitrogen and oxygen atoms in total. The Morgan fingerprint density at radius 3 is 2.96 bits per heavy atom. The van der Waals surface area contributed by atoms with Gasteiger partial charge < -0.3 is 4.90 Å². The van der Waals surface area contributed by atoms with Crippen LogP contribution in [-0.4, -0.2) is 38.8 Å². The van der Waals surface area contributed by atoms with Crippen molar-refractivity contribution in [1.82, 2.24) is 19.9 Å². The van der Waals surface area contributed by atoms with Gasteiger partial charge in [0.1, 0.15) is 6.33 Å². The zero-order valence-corrected chi connectivity index (χ0v) is 14.5. The predicted octanol–water partition coefficient (Wildman–Crippen LogP) is 3.58. The first-order valence-corrected chi connectivity index (χ1v) is 8.81. The number of likely N-dealkylation sites (tertiary alicyclic amines) is 1. The van der Waals surface area contributed by atoms with Gasteiger partial charge in [0.05, 0.1) is 5.52 Å². The highest BCUT2D eigenvalue weighted by Crippen LogP contribution is 2.34. The molecule has 0 saturated carbocycles. The molecule has 5 heteroatoms. The Morgan fingerprint density at radius 2 is 2.15 bits per heavy atom. The zero-order valence-electron chi connectivity index (χ0n) is 14.5. The Hall–Kier alpha value is -3.08. The molecule has 0 N–H and O–H groups in total. The zero-order chi connectivity index (χ0) is 17.9. The lowest BCUT2D eigenvalue weighted by Crippen LogP contribution is -2.38. The molecule has 1 saturated heterocycles. The number of hydrogen-bond donors (Lipinski definition) is 0. The number of carbonyl (C=O) groups is 1. The van der Waals surface area contributed by atoms with Crippen molar-refractivity contribution in [2.75, 3.05) is 13.1 Å². The minimum Gasteiger partial charge on any atom is -0.339 e. The van der Waals surface area contributed by atoms with Gasteiger partial charge in [0.25, 0.3) is 0 Å². The molecule has 0 radical (unpaired) electrons. The summed E-state index contributed by atoms with van der Waals surface area (Å²) in [7, 11) is 0. The molecule has 3 aromatic rings. The summed E-state index contributed by atoms with van der Waals surface area (Å²) in [6.07, 6.45) is 10.5. The lowest BCUT2D eigenvalue weighted by molar-refractivity contribution is -0.127. The van der Waals surface area contributed by atoms with Gasteiger partial charge >= 0.3 is 0 Å². The van der Waals surface area contributed by atoms with Crippen molar-refractivity contribution in [2.45, 2.75) is 18.8 Å². The van der Waals surface area contributed by atoms with Crippen LogP contribution in [0.2, 0.25) is 0 Å². The number of hydrogen-bond acceptors (Lipinski definition) is 4. The number of nitrogens with zero attached hydrogens (tertiary/aromatic N) is 4. The standard InChI is InChI=1S/C21H20N4O/c1-2-20(26)25-8-4-6-16(13-25)19-10-17(15-5-3-7-22-11-15)9-18-12-23-14-24-21(18)19/h2-3,5,7,9-12,14,16H,1,4,6,8,13H2. The minimum atomic E-state index is -0.00274. The van der Waals surface area contributed by atoms with Crippen LogP contribution < -0.4 is 0 Å². The molecule has 3 heterocycles. The number of aromatic nitrogens is 3. The molecule has 1 aromatic carbocycles. The summed E-state index contributed by atoms with van der Waals surface area (Å²) in [4.78, 5) is 26.9. The minimum absolute atomic E-state index is 0.00274. The summed E-state index contributed by atoms with van der Waals surface area (Å²) in [5, 5.41) is 1.01. The molecule has 4 rings (SSSR count). The van der Waals surface area contributed by atoms with E-state index < -0.39 is 0 Å². The van der Waals surface area contributed by atoms with Crippen LogP contribution in [0.1, 0.15) is 24.3 Å². The number of fused-ring (bicyclic) bond motifs is 1. The van der Waals surface area contributed by atoms with Crippen LogP contribution in [-0.2, 0) is 4.79 Å². The van der Waals surface area contributed by atoms with E-state index in [1.165, 1.54) is 11.6 Å². The van der Waals surface area contributed by atoms with Crippen LogP contribution in [0.25, 0.3) is 22.0 Å². The van der Waals surface area contributed by atoms with Crippen LogP contribution in [0.5, 0.6) is 0 Å². The molecule has 0 bridgehead atoms. The first kappa shape index (κ1) is 16.4. The lowest BCUT2D eigenvalue weighted by atomic mass is 9.87. The third-order valence-electron chi connectivity index (χ3n) is 4.98. The third kappa shape index (κ3) is 3.08. The van der Waals surface area contributed by atoms with E-state index in [0.717, 1.165) is 41.4 Å². The summed E-state index contributed by atoms with van der Waals surface area (Å²) in [6.45, 7) is 5.10. The van der Waals surface area contributed by atoms with Crippen molar-refractivity contribution >= 4 is 16.8 Å². The molecule has 2 aromatic heterocycles. The molecular formula is C21H20N4O. The van der Waals surface area contributed by atoms with Crippen LogP contribution in [0.15, 0.2) is 61.8 Å². The normalized spacial score (nSPS) is 17.2. The maximum Gasteiger partial charge on any atom is 0.245 e. The Bertz CT molecular complexity index is 955. The summed E-state index contributed by atoms with van der Waals surface area (Å²) >= 11 is 0. The fraction of sp³-hybridized carbons (Fsp3) is 0.238. The van der Waals surface area contributed by atoms with Crippen LogP contribution >= 0.6 is 0 Å². The molecule has 0 aliphatic carbocycles. The third-order valence-corrected chi connectivity index (χ3v) is 4.98. The molecular weight excluding hydrogens is 324 g/mol. The van der Waals surface area contributed by atoms with E-state index in [2.05, 4.69) is 39.7 Å². The number of piperidine rings is 1. The molecule has 1 amide bonds. The fourth-order valence-electron chi connectivity index (χ4n) is 3.70. The van der Waals surface area contributed by atoms with E-state index in [1.807, 2.05) is 23.4 Å². The SMILES string of the molecule is C=CC(=O)N1CCCC(c2cc(-c3cccnc3)cc3cncnc23)C1. The van der Waals surface area contributed by atoms with Gasteiger partial charge in [-0.25, -0.2) is 9.97 Å². The molecule has 0 spiro atoms. The molecule has 1 unspecified atom stereocenters. The average molecular weight is 344 g/mol. The van der Waals surface area contributed by atoms with Gasteiger partial charge in [-0.05, 0) is 48.2 Å². The van der Waals surface area contributed by atoms with Gasteiger partial charge in [-0.2, -0.15) is 0 Å². The van der Waals surface area contributed by atoms with Crippen molar-refractivity contribution < 1.29 is 4.79 Å². The Morgan fingerprint density at radius 1 is 1.23 bits per heavy atom. The Labute approximate surface area is 152 Å². The van der Waals surface area contributed by atoms with E-state index in [1.54, 1.807) is 12.5 Å². The van der Waals surface area contributed by atoms with Crippen molar-refractivity contribution in [3.05, 3.63) is 67.4 Å². The van der Waals surface area contributed by atoms with Crippen LogP contribution in [0.3, 0.4) is 0 Å². The van der Waals surface area contributed by atoms with Crippen molar-refractivity contribution in [3.63, 3.8) is 0 Å². The van der Waals surface area contributed by atoms with Crippen molar-refractivity contribution in [1.29, 1.82) is 0 Å². The highest BCUT2D eigenvalue weighted by molar-refractivity contribution is 5.88. The molecule has 1 aliphatic heterocycles. The fourth-order valence-corrected chi connectivity index (χ4v) is 3.70. The Balaban J connectivity index is 1.80. The van der Waals surface area contributed by atoms with E-state index >= 15 is 0 Å². The molecule has 1 aliphatic rings. The van der Waals surface area contributed by atoms with Gasteiger partial charge in [-0.3, -0.25) is 9.78 Å². The van der Waals surface area contributed by atoms with Crippen LogP contribution in [0.4, 0.5) is 0 Å². The van der Waals surface area contributed by atoms with Gasteiger partial charge in [0.15, 0.2) is 0 Å².